The Morgan fingerprint density at radius 2 is 1.62 bits per heavy atom. The first-order valence-electron chi connectivity index (χ1n) is 5.30. The van der Waals surface area contributed by atoms with E-state index in [1.54, 1.807) is 0 Å². The van der Waals surface area contributed by atoms with E-state index in [2.05, 4.69) is 55.1 Å². The Morgan fingerprint density at radius 1 is 1.06 bits per heavy atom. The molecule has 0 aliphatic heterocycles. The van der Waals surface area contributed by atoms with Crippen LogP contribution in [0.1, 0.15) is 11.6 Å². The van der Waals surface area contributed by atoms with Crippen molar-refractivity contribution in [3.8, 4) is 0 Å². The van der Waals surface area contributed by atoms with Crippen molar-refractivity contribution in [2.24, 2.45) is 0 Å². The number of rotatable bonds is 5. The molecule has 0 aliphatic rings. The Labute approximate surface area is 105 Å². The van der Waals surface area contributed by atoms with Gasteiger partial charge in [0.1, 0.15) is 0 Å². The molecule has 0 amide bonds. The van der Waals surface area contributed by atoms with Crippen LogP contribution in [0, 0.1) is 0 Å². The van der Waals surface area contributed by atoms with Gasteiger partial charge in [0, 0.05) is 30.9 Å². The molecular weight excluding hydrogens is 222 g/mol. The predicted octanol–water partition coefficient (Wildman–Crippen LogP) is 1.71. The number of likely N-dealkylation sites (N-methyl/N-ethyl adjacent to an activating group) is 2. The van der Waals surface area contributed by atoms with Gasteiger partial charge >= 0.3 is 0 Å². The van der Waals surface area contributed by atoms with E-state index >= 15 is 0 Å². The first-order valence-corrected chi connectivity index (χ1v) is 5.30. The average molecular weight is 244 g/mol. The molecule has 0 atom stereocenters. The molecule has 0 saturated heterocycles. The minimum atomic E-state index is 0. The largest absolute Gasteiger partial charge is 0.309 e. The van der Waals surface area contributed by atoms with Crippen LogP contribution in [0.15, 0.2) is 24.4 Å². The summed E-state index contributed by atoms with van der Waals surface area (Å²) < 4.78 is 0. The van der Waals surface area contributed by atoms with E-state index in [0.717, 1.165) is 13.1 Å². The molecule has 1 aromatic rings. The normalized spacial score (nSPS) is 10.9. The summed E-state index contributed by atoms with van der Waals surface area (Å²) in [5, 5.41) is 0. The molecule has 0 aromatic carbocycles. The van der Waals surface area contributed by atoms with Crippen molar-refractivity contribution in [2.45, 2.75) is 5.92 Å². The van der Waals surface area contributed by atoms with Crippen LogP contribution >= 0.6 is 12.4 Å². The second-order valence-electron chi connectivity index (χ2n) is 4.48. The molecule has 0 N–H and O–H groups in total. The number of nitrogens with zero attached hydrogens (tertiary/aromatic N) is 3. The minimum absolute atomic E-state index is 0. The summed E-state index contributed by atoms with van der Waals surface area (Å²) >= 11 is 0. The smallest absolute Gasteiger partial charge is 0.0460 e. The summed E-state index contributed by atoms with van der Waals surface area (Å²) in [7, 11) is 8.41. The van der Waals surface area contributed by atoms with E-state index in [1.807, 2.05) is 12.3 Å². The van der Waals surface area contributed by atoms with Crippen LogP contribution in [0.3, 0.4) is 0 Å². The molecule has 1 aromatic heterocycles. The van der Waals surface area contributed by atoms with Crippen LogP contribution in [0.4, 0.5) is 0 Å². The maximum atomic E-state index is 4.43. The van der Waals surface area contributed by atoms with Gasteiger partial charge in [-0.25, -0.2) is 0 Å². The Hall–Kier alpha value is -0.640. The zero-order chi connectivity index (χ0) is 11.3. The summed E-state index contributed by atoms with van der Waals surface area (Å²) in [5.41, 5.74) is 1.18. The molecule has 0 fully saturated rings. The zero-order valence-corrected chi connectivity index (χ0v) is 11.4. The van der Waals surface area contributed by atoms with E-state index in [0.29, 0.717) is 5.92 Å². The Bertz CT molecular complexity index is 265. The number of halogens is 1. The van der Waals surface area contributed by atoms with Gasteiger partial charge in [-0.05, 0) is 40.3 Å². The van der Waals surface area contributed by atoms with Gasteiger partial charge in [0.25, 0.3) is 0 Å². The van der Waals surface area contributed by atoms with Crippen molar-refractivity contribution >= 4 is 12.4 Å². The van der Waals surface area contributed by atoms with Crippen molar-refractivity contribution in [3.63, 3.8) is 0 Å². The van der Waals surface area contributed by atoms with Crippen molar-refractivity contribution in [1.29, 1.82) is 0 Å². The van der Waals surface area contributed by atoms with Crippen LogP contribution in [0.25, 0.3) is 0 Å². The molecule has 1 rings (SSSR count). The SMILES string of the molecule is CN(C)CC(CN(C)C)c1ccccn1.Cl. The third-order valence-corrected chi connectivity index (χ3v) is 2.28. The lowest BCUT2D eigenvalue weighted by atomic mass is 10.0. The summed E-state index contributed by atoms with van der Waals surface area (Å²) in [6, 6.07) is 6.13. The molecule has 3 nitrogen and oxygen atoms in total. The molecule has 0 unspecified atom stereocenters. The Kier molecular flexibility index (Phi) is 7.30. The van der Waals surface area contributed by atoms with E-state index in [-0.39, 0.29) is 12.4 Å². The molecule has 16 heavy (non-hydrogen) atoms. The van der Waals surface area contributed by atoms with Gasteiger partial charge in [-0.3, -0.25) is 4.98 Å². The summed E-state index contributed by atoms with van der Waals surface area (Å²) in [6.45, 7) is 2.07. The highest BCUT2D eigenvalue weighted by molar-refractivity contribution is 5.85. The van der Waals surface area contributed by atoms with Gasteiger partial charge < -0.3 is 9.80 Å². The zero-order valence-electron chi connectivity index (χ0n) is 10.6. The molecule has 0 aliphatic carbocycles. The van der Waals surface area contributed by atoms with E-state index in [1.165, 1.54) is 5.69 Å². The van der Waals surface area contributed by atoms with Crippen molar-refractivity contribution < 1.29 is 0 Å². The fourth-order valence-corrected chi connectivity index (χ4v) is 1.74. The predicted molar refractivity (Wildman–Crippen MR) is 71.3 cm³/mol. The third-order valence-electron chi connectivity index (χ3n) is 2.28. The van der Waals surface area contributed by atoms with Gasteiger partial charge in [0.05, 0.1) is 0 Å². The summed E-state index contributed by atoms with van der Waals surface area (Å²) in [5.74, 6) is 0.483. The number of hydrogen-bond donors (Lipinski definition) is 0. The monoisotopic (exact) mass is 243 g/mol. The molecule has 0 radical (unpaired) electrons. The van der Waals surface area contributed by atoms with Crippen molar-refractivity contribution in [3.05, 3.63) is 30.1 Å². The van der Waals surface area contributed by atoms with Crippen LogP contribution in [-0.2, 0) is 0 Å². The van der Waals surface area contributed by atoms with Crippen LogP contribution in [-0.4, -0.2) is 56.1 Å². The second kappa shape index (κ2) is 7.60. The highest BCUT2D eigenvalue weighted by atomic mass is 35.5. The molecule has 1 heterocycles. The van der Waals surface area contributed by atoms with Crippen LogP contribution < -0.4 is 0 Å². The highest BCUT2D eigenvalue weighted by Crippen LogP contribution is 2.14. The number of hydrogen-bond acceptors (Lipinski definition) is 3. The molecule has 92 valence electrons. The average Bonchev–Trinajstić information content (AvgIpc) is 2.17. The second-order valence-corrected chi connectivity index (χ2v) is 4.48. The van der Waals surface area contributed by atoms with Gasteiger partial charge in [0.15, 0.2) is 0 Å². The first-order chi connectivity index (χ1) is 7.09. The van der Waals surface area contributed by atoms with Gasteiger partial charge in [-0.2, -0.15) is 0 Å². The lowest BCUT2D eigenvalue weighted by Crippen LogP contribution is -2.29. The minimum Gasteiger partial charge on any atom is -0.309 e. The maximum absolute atomic E-state index is 4.43. The lowest BCUT2D eigenvalue weighted by molar-refractivity contribution is 0.304. The quantitative estimate of drug-likeness (QED) is 0.785. The fourth-order valence-electron chi connectivity index (χ4n) is 1.74. The lowest BCUT2D eigenvalue weighted by Gasteiger charge is -2.23. The van der Waals surface area contributed by atoms with E-state index < -0.39 is 0 Å². The van der Waals surface area contributed by atoms with Gasteiger partial charge in [0.2, 0.25) is 0 Å². The standard InChI is InChI=1S/C12H21N3.ClH/c1-14(2)9-11(10-15(3)4)12-7-5-6-8-13-12;/h5-8,11H,9-10H2,1-4H3;1H. The molecule has 4 heteroatoms. The summed E-state index contributed by atoms with van der Waals surface area (Å²) in [6.07, 6.45) is 1.87. The van der Waals surface area contributed by atoms with E-state index in [9.17, 15) is 0 Å². The van der Waals surface area contributed by atoms with Crippen LogP contribution in [0.5, 0.6) is 0 Å². The Morgan fingerprint density at radius 3 is 2.00 bits per heavy atom. The highest BCUT2D eigenvalue weighted by Gasteiger charge is 2.14. The fraction of sp³-hybridized carbons (Fsp3) is 0.583. The molecule has 0 spiro atoms. The van der Waals surface area contributed by atoms with Gasteiger partial charge in [-0.15, -0.1) is 12.4 Å². The number of aromatic nitrogens is 1. The number of pyridine rings is 1. The van der Waals surface area contributed by atoms with Crippen molar-refractivity contribution in [1.82, 2.24) is 14.8 Å². The summed E-state index contributed by atoms with van der Waals surface area (Å²) in [4.78, 5) is 8.85. The first kappa shape index (κ1) is 15.4. The molecular formula is C12H22ClN3. The van der Waals surface area contributed by atoms with E-state index in [4.69, 9.17) is 0 Å². The maximum Gasteiger partial charge on any atom is 0.0460 e. The Balaban J connectivity index is 0.00000225. The molecule has 0 saturated carbocycles. The van der Waals surface area contributed by atoms with Crippen molar-refractivity contribution in [2.75, 3.05) is 41.3 Å². The topological polar surface area (TPSA) is 19.4 Å². The van der Waals surface area contributed by atoms with Gasteiger partial charge in [-0.1, -0.05) is 6.07 Å². The third kappa shape index (κ3) is 5.45. The molecule has 0 bridgehead atoms. The van der Waals surface area contributed by atoms with Crippen LogP contribution in [0.2, 0.25) is 0 Å².